The van der Waals surface area contributed by atoms with Gasteiger partial charge in [-0.15, -0.1) is 0 Å². The number of carbonyl (C=O) groups excluding carboxylic acids is 2. The van der Waals surface area contributed by atoms with Crippen molar-refractivity contribution in [1.29, 1.82) is 0 Å². The van der Waals surface area contributed by atoms with Gasteiger partial charge in [-0.25, -0.2) is 0 Å². The van der Waals surface area contributed by atoms with E-state index in [1.807, 2.05) is 48.7 Å². The number of para-hydroxylation sites is 1. The van der Waals surface area contributed by atoms with Crippen molar-refractivity contribution in [1.82, 2.24) is 15.6 Å². The molecule has 0 spiro atoms. The zero-order valence-electron chi connectivity index (χ0n) is 16.2. The van der Waals surface area contributed by atoms with Gasteiger partial charge in [0.05, 0.1) is 6.04 Å². The summed E-state index contributed by atoms with van der Waals surface area (Å²) in [5.74, 6) is -0.126. The maximum atomic E-state index is 12.7. The average Bonchev–Trinajstić information content (AvgIpc) is 3.37. The van der Waals surface area contributed by atoms with Gasteiger partial charge in [0.25, 0.3) is 0 Å². The van der Waals surface area contributed by atoms with E-state index >= 15 is 0 Å². The monoisotopic (exact) mass is 409 g/mol. The van der Waals surface area contributed by atoms with E-state index in [0.717, 1.165) is 22.0 Å². The largest absolute Gasteiger partial charge is 0.361 e. The van der Waals surface area contributed by atoms with E-state index in [9.17, 15) is 9.59 Å². The Morgan fingerprint density at radius 3 is 2.66 bits per heavy atom. The summed E-state index contributed by atoms with van der Waals surface area (Å²) in [7, 11) is 0. The lowest BCUT2D eigenvalue weighted by molar-refractivity contribution is -0.123. The smallest absolute Gasteiger partial charge is 0.237 e. The molecule has 1 aliphatic heterocycles. The van der Waals surface area contributed by atoms with E-state index in [1.54, 1.807) is 6.92 Å². The highest BCUT2D eigenvalue weighted by Gasteiger charge is 2.32. The van der Waals surface area contributed by atoms with Gasteiger partial charge in [0.1, 0.15) is 5.78 Å². The Kier molecular flexibility index (Phi) is 5.69. The highest BCUT2D eigenvalue weighted by molar-refractivity contribution is 6.31. The van der Waals surface area contributed by atoms with Gasteiger partial charge < -0.3 is 15.6 Å². The Bertz CT molecular complexity index is 1050. The highest BCUT2D eigenvalue weighted by Crippen LogP contribution is 2.34. The number of aromatic amines is 1. The minimum Gasteiger partial charge on any atom is -0.361 e. The van der Waals surface area contributed by atoms with Gasteiger partial charge in [0, 0.05) is 47.0 Å². The number of aromatic nitrogens is 1. The summed E-state index contributed by atoms with van der Waals surface area (Å²) < 4.78 is 0. The third-order valence-corrected chi connectivity index (χ3v) is 6.12. The summed E-state index contributed by atoms with van der Waals surface area (Å²) in [6.07, 6.45) is 2.54. The van der Waals surface area contributed by atoms with E-state index in [0.29, 0.717) is 24.5 Å². The van der Waals surface area contributed by atoms with Crippen molar-refractivity contribution in [2.75, 3.05) is 13.1 Å². The van der Waals surface area contributed by atoms with Crippen molar-refractivity contribution in [3.8, 4) is 0 Å². The van der Waals surface area contributed by atoms with Crippen molar-refractivity contribution in [3.05, 3.63) is 70.9 Å². The topological polar surface area (TPSA) is 74.0 Å². The minimum atomic E-state index is -0.334. The quantitative estimate of drug-likeness (QED) is 0.582. The molecule has 5 nitrogen and oxygen atoms in total. The second-order valence-electron chi connectivity index (χ2n) is 7.61. The molecule has 3 atom stereocenters. The average molecular weight is 410 g/mol. The lowest BCUT2D eigenvalue weighted by Crippen LogP contribution is -2.42. The van der Waals surface area contributed by atoms with Crippen LogP contribution in [0.15, 0.2) is 54.7 Å². The third kappa shape index (κ3) is 4.07. The van der Waals surface area contributed by atoms with Crippen molar-refractivity contribution in [2.45, 2.75) is 25.3 Å². The lowest BCUT2D eigenvalue weighted by Gasteiger charge is -2.21. The molecule has 2 aromatic carbocycles. The van der Waals surface area contributed by atoms with Crippen LogP contribution in [0.5, 0.6) is 0 Å². The normalized spacial score (nSPS) is 19.9. The molecule has 3 aromatic rings. The zero-order valence-corrected chi connectivity index (χ0v) is 17.0. The van der Waals surface area contributed by atoms with E-state index in [2.05, 4.69) is 21.7 Å². The second kappa shape index (κ2) is 8.39. The highest BCUT2D eigenvalue weighted by atomic mass is 35.5. The molecule has 0 radical (unpaired) electrons. The molecular weight excluding hydrogens is 386 g/mol. The predicted molar refractivity (Wildman–Crippen MR) is 115 cm³/mol. The molecule has 0 aliphatic carbocycles. The fraction of sp³-hybridized carbons (Fsp3) is 0.304. The Hall–Kier alpha value is -2.63. The van der Waals surface area contributed by atoms with E-state index in [1.165, 1.54) is 0 Å². The Balaban J connectivity index is 1.58. The number of H-pyrrole nitrogens is 1. The zero-order chi connectivity index (χ0) is 20.4. The van der Waals surface area contributed by atoms with Crippen LogP contribution in [-0.2, 0) is 9.59 Å². The fourth-order valence-corrected chi connectivity index (χ4v) is 4.37. The van der Waals surface area contributed by atoms with Gasteiger partial charge in [0.2, 0.25) is 5.91 Å². The first-order valence-corrected chi connectivity index (χ1v) is 10.2. The standard InChI is InChI=1S/C23H24ClN3O2/c1-14(28)15-10-22(25-11-15)23(29)27-13-18(16-6-2-4-8-20(16)24)19-12-26-21-9-5-3-7-17(19)21/h2-9,12,15,18,22,25-26H,10-11,13H2,1H3,(H,27,29). The molecule has 0 saturated carbocycles. The number of fused-ring (bicyclic) bond motifs is 1. The van der Waals surface area contributed by atoms with Crippen LogP contribution in [0.25, 0.3) is 10.9 Å². The Labute approximate surface area is 174 Å². The van der Waals surface area contributed by atoms with Crippen LogP contribution in [0.1, 0.15) is 30.4 Å². The van der Waals surface area contributed by atoms with Crippen molar-refractivity contribution < 1.29 is 9.59 Å². The number of hydrogen-bond donors (Lipinski definition) is 3. The van der Waals surface area contributed by atoms with Crippen LogP contribution in [0, 0.1) is 5.92 Å². The van der Waals surface area contributed by atoms with E-state index < -0.39 is 0 Å². The molecule has 150 valence electrons. The molecule has 6 heteroatoms. The number of rotatable bonds is 6. The molecule has 2 heterocycles. The summed E-state index contributed by atoms with van der Waals surface area (Å²) in [6, 6.07) is 15.5. The van der Waals surface area contributed by atoms with Crippen LogP contribution in [0.3, 0.4) is 0 Å². The van der Waals surface area contributed by atoms with Gasteiger partial charge in [-0.3, -0.25) is 9.59 Å². The van der Waals surface area contributed by atoms with Crippen LogP contribution < -0.4 is 10.6 Å². The molecule has 1 aromatic heterocycles. The van der Waals surface area contributed by atoms with Crippen molar-refractivity contribution >= 4 is 34.2 Å². The van der Waals surface area contributed by atoms with Gasteiger partial charge in [-0.1, -0.05) is 48.0 Å². The summed E-state index contributed by atoms with van der Waals surface area (Å²) in [5, 5.41) is 8.03. The van der Waals surface area contributed by atoms with Crippen molar-refractivity contribution in [3.63, 3.8) is 0 Å². The van der Waals surface area contributed by atoms with Gasteiger partial charge in [-0.2, -0.15) is 0 Å². The molecule has 1 aliphatic rings. The molecule has 3 unspecified atom stereocenters. The van der Waals surface area contributed by atoms with E-state index in [4.69, 9.17) is 11.6 Å². The minimum absolute atomic E-state index is 0.0781. The molecule has 0 bridgehead atoms. The summed E-state index contributed by atoms with van der Waals surface area (Å²) >= 11 is 6.51. The first-order chi connectivity index (χ1) is 14.0. The molecule has 1 fully saturated rings. The molecular formula is C23H24ClN3O2. The maximum Gasteiger partial charge on any atom is 0.237 e. The number of nitrogens with one attached hydrogen (secondary N) is 3. The lowest BCUT2D eigenvalue weighted by atomic mass is 9.90. The number of carbonyl (C=O) groups is 2. The summed E-state index contributed by atoms with van der Waals surface area (Å²) in [4.78, 5) is 27.6. The number of ketones is 1. The molecule has 1 amide bonds. The number of halogens is 1. The van der Waals surface area contributed by atoms with Crippen LogP contribution in [-0.4, -0.2) is 35.8 Å². The Morgan fingerprint density at radius 1 is 1.14 bits per heavy atom. The van der Waals surface area contributed by atoms with Crippen molar-refractivity contribution in [2.24, 2.45) is 5.92 Å². The van der Waals surface area contributed by atoms with E-state index in [-0.39, 0.29) is 29.6 Å². The Morgan fingerprint density at radius 2 is 1.90 bits per heavy atom. The van der Waals surface area contributed by atoms with Gasteiger partial charge in [0.15, 0.2) is 0 Å². The number of hydrogen-bond acceptors (Lipinski definition) is 3. The molecule has 3 N–H and O–H groups in total. The number of Topliss-reactive ketones (excluding diaryl/α,β-unsaturated/α-hetero) is 1. The number of amides is 1. The van der Waals surface area contributed by atoms with Gasteiger partial charge >= 0.3 is 0 Å². The molecule has 1 saturated heterocycles. The van der Waals surface area contributed by atoms with Crippen LogP contribution in [0.2, 0.25) is 5.02 Å². The first kappa shape index (κ1) is 19.7. The maximum absolute atomic E-state index is 12.7. The summed E-state index contributed by atoms with van der Waals surface area (Å²) in [5.41, 5.74) is 3.11. The first-order valence-electron chi connectivity index (χ1n) is 9.86. The van der Waals surface area contributed by atoms with Gasteiger partial charge in [-0.05, 0) is 36.6 Å². The molecule has 29 heavy (non-hydrogen) atoms. The second-order valence-corrected chi connectivity index (χ2v) is 8.02. The molecule has 4 rings (SSSR count). The fourth-order valence-electron chi connectivity index (χ4n) is 4.10. The SMILES string of the molecule is CC(=O)C1CNC(C(=O)NCC(c2ccccc2Cl)c2c[nH]c3ccccc23)C1. The van der Waals surface area contributed by atoms with Crippen LogP contribution in [0.4, 0.5) is 0 Å². The third-order valence-electron chi connectivity index (χ3n) is 5.78. The number of benzene rings is 2. The van der Waals surface area contributed by atoms with Crippen LogP contribution >= 0.6 is 11.6 Å². The summed E-state index contributed by atoms with van der Waals surface area (Å²) in [6.45, 7) is 2.56. The predicted octanol–water partition coefficient (Wildman–Crippen LogP) is 3.64.